The molecule has 0 aliphatic carbocycles. The summed E-state index contributed by atoms with van der Waals surface area (Å²) in [6.07, 6.45) is 4.21. The van der Waals surface area contributed by atoms with Crippen molar-refractivity contribution in [3.05, 3.63) is 70.4 Å². The van der Waals surface area contributed by atoms with Crippen molar-refractivity contribution >= 4 is 11.6 Å². The maximum atomic E-state index is 12.3. The zero-order valence-corrected chi connectivity index (χ0v) is 18.2. The Morgan fingerprint density at radius 2 is 2.06 bits per heavy atom. The van der Waals surface area contributed by atoms with Crippen LogP contribution in [0.2, 0.25) is 0 Å². The molecular formula is C21H26N8O2. The van der Waals surface area contributed by atoms with Crippen molar-refractivity contribution in [1.82, 2.24) is 29.6 Å². The second-order valence-corrected chi connectivity index (χ2v) is 6.90. The Balaban J connectivity index is 1.80. The molecule has 2 heterocycles. The molecule has 0 radical (unpaired) electrons. The van der Waals surface area contributed by atoms with Crippen molar-refractivity contribution in [2.45, 2.75) is 40.3 Å². The Labute approximate surface area is 180 Å². The van der Waals surface area contributed by atoms with Gasteiger partial charge in [-0.1, -0.05) is 25.1 Å². The number of benzene rings is 1. The third kappa shape index (κ3) is 5.03. The van der Waals surface area contributed by atoms with Gasteiger partial charge in [-0.2, -0.15) is 19.6 Å². The SMILES string of the molecule is C=CCn1ccc(C(C)=NN=C(CC)OCc2c(C)cccc2-n2nnn(C)c2=O)n1. The molecule has 1 aromatic carbocycles. The van der Waals surface area contributed by atoms with E-state index >= 15 is 0 Å². The van der Waals surface area contributed by atoms with Gasteiger partial charge in [0.25, 0.3) is 0 Å². The fourth-order valence-electron chi connectivity index (χ4n) is 2.87. The zero-order valence-electron chi connectivity index (χ0n) is 18.2. The normalized spacial score (nSPS) is 12.3. The minimum absolute atomic E-state index is 0.222. The number of ether oxygens (including phenoxy) is 1. The van der Waals surface area contributed by atoms with E-state index in [1.54, 1.807) is 17.8 Å². The van der Waals surface area contributed by atoms with Crippen molar-refractivity contribution in [2.24, 2.45) is 17.3 Å². The molecule has 162 valence electrons. The highest BCUT2D eigenvalue weighted by Gasteiger charge is 2.14. The number of hydrogen-bond acceptors (Lipinski definition) is 7. The van der Waals surface area contributed by atoms with Crippen molar-refractivity contribution in [3.63, 3.8) is 0 Å². The van der Waals surface area contributed by atoms with Crippen molar-refractivity contribution in [3.8, 4) is 5.69 Å². The molecule has 0 N–H and O–H groups in total. The molecule has 0 unspecified atom stereocenters. The lowest BCUT2D eigenvalue weighted by atomic mass is 10.1. The molecule has 31 heavy (non-hydrogen) atoms. The van der Waals surface area contributed by atoms with Gasteiger partial charge in [0.1, 0.15) is 12.3 Å². The standard InChI is InChI=1S/C21H26N8O2/c1-6-12-28-13-11-18(24-28)16(4)22-23-20(7-2)31-14-17-15(3)9-8-10-19(17)29-21(30)27(5)25-26-29/h6,8-11,13H,1,7,12,14H2,2-5H3. The molecule has 0 fully saturated rings. The highest BCUT2D eigenvalue weighted by Crippen LogP contribution is 2.18. The summed E-state index contributed by atoms with van der Waals surface area (Å²) in [5.74, 6) is 0.477. The first-order chi connectivity index (χ1) is 14.9. The second-order valence-electron chi connectivity index (χ2n) is 6.90. The first kappa shape index (κ1) is 21.9. The monoisotopic (exact) mass is 422 g/mol. The van der Waals surface area contributed by atoms with Crippen LogP contribution < -0.4 is 5.69 Å². The van der Waals surface area contributed by atoms with E-state index in [-0.39, 0.29) is 12.3 Å². The second kappa shape index (κ2) is 9.79. The van der Waals surface area contributed by atoms with Crippen LogP contribution in [0, 0.1) is 6.92 Å². The molecule has 0 spiro atoms. The Kier molecular flexibility index (Phi) is 6.91. The van der Waals surface area contributed by atoms with Gasteiger partial charge in [0.15, 0.2) is 0 Å². The molecule has 0 aliphatic heterocycles. The Morgan fingerprint density at radius 1 is 1.26 bits per heavy atom. The van der Waals surface area contributed by atoms with Gasteiger partial charge < -0.3 is 4.74 Å². The van der Waals surface area contributed by atoms with Gasteiger partial charge in [-0.05, 0) is 42.0 Å². The molecule has 0 bridgehead atoms. The number of nitrogens with zero attached hydrogens (tertiary/aromatic N) is 8. The number of hydrogen-bond donors (Lipinski definition) is 0. The van der Waals surface area contributed by atoms with Crippen LogP contribution in [0.4, 0.5) is 0 Å². The summed E-state index contributed by atoms with van der Waals surface area (Å²) in [5.41, 5.74) is 3.52. The number of rotatable bonds is 8. The largest absolute Gasteiger partial charge is 0.475 e. The first-order valence-electron chi connectivity index (χ1n) is 9.91. The third-order valence-corrected chi connectivity index (χ3v) is 4.66. The van der Waals surface area contributed by atoms with Gasteiger partial charge in [-0.25, -0.2) is 4.79 Å². The molecule has 0 saturated heterocycles. The Hall–Kier alpha value is -3.82. The van der Waals surface area contributed by atoms with Gasteiger partial charge in [-0.3, -0.25) is 4.68 Å². The third-order valence-electron chi connectivity index (χ3n) is 4.66. The number of aromatic nitrogens is 6. The molecular weight excluding hydrogens is 396 g/mol. The topological polar surface area (TPSA) is 104 Å². The van der Waals surface area contributed by atoms with E-state index < -0.39 is 0 Å². The fourth-order valence-corrected chi connectivity index (χ4v) is 2.87. The van der Waals surface area contributed by atoms with Crippen molar-refractivity contribution in [2.75, 3.05) is 0 Å². The minimum Gasteiger partial charge on any atom is -0.475 e. The molecule has 10 nitrogen and oxygen atoms in total. The van der Waals surface area contributed by atoms with E-state index in [2.05, 4.69) is 32.3 Å². The van der Waals surface area contributed by atoms with Gasteiger partial charge in [-0.15, -0.1) is 11.7 Å². The van der Waals surface area contributed by atoms with Crippen LogP contribution in [0.1, 0.15) is 37.1 Å². The van der Waals surface area contributed by atoms with E-state index in [0.29, 0.717) is 30.3 Å². The predicted molar refractivity (Wildman–Crippen MR) is 118 cm³/mol. The number of aryl methyl sites for hydroxylation is 2. The van der Waals surface area contributed by atoms with Crippen molar-refractivity contribution < 1.29 is 4.74 Å². The molecule has 0 saturated carbocycles. The highest BCUT2D eigenvalue weighted by atomic mass is 16.5. The number of allylic oxidation sites excluding steroid dienone is 1. The lowest BCUT2D eigenvalue weighted by molar-refractivity contribution is 0.282. The Morgan fingerprint density at radius 3 is 2.74 bits per heavy atom. The summed E-state index contributed by atoms with van der Waals surface area (Å²) in [6, 6.07) is 7.51. The van der Waals surface area contributed by atoms with Crippen LogP contribution in [0.5, 0.6) is 0 Å². The summed E-state index contributed by atoms with van der Waals surface area (Å²) in [7, 11) is 1.56. The lowest BCUT2D eigenvalue weighted by Crippen LogP contribution is -2.23. The summed E-state index contributed by atoms with van der Waals surface area (Å²) in [5, 5.41) is 20.7. The van der Waals surface area contributed by atoms with Crippen LogP contribution >= 0.6 is 0 Å². The Bertz CT molecular complexity index is 1180. The van der Waals surface area contributed by atoms with E-state index in [1.807, 2.05) is 51.2 Å². The predicted octanol–water partition coefficient (Wildman–Crippen LogP) is 2.41. The fraction of sp³-hybridized carbons (Fsp3) is 0.333. The van der Waals surface area contributed by atoms with Crippen LogP contribution in [0.25, 0.3) is 5.69 Å². The van der Waals surface area contributed by atoms with Gasteiger partial charge >= 0.3 is 5.69 Å². The molecule has 10 heteroatoms. The maximum Gasteiger partial charge on any atom is 0.368 e. The van der Waals surface area contributed by atoms with Crippen LogP contribution in [0.3, 0.4) is 0 Å². The van der Waals surface area contributed by atoms with Gasteiger partial charge in [0, 0.05) is 25.2 Å². The van der Waals surface area contributed by atoms with Crippen LogP contribution in [-0.4, -0.2) is 41.2 Å². The van der Waals surface area contributed by atoms with E-state index in [0.717, 1.165) is 16.8 Å². The van der Waals surface area contributed by atoms with E-state index in [9.17, 15) is 4.79 Å². The van der Waals surface area contributed by atoms with E-state index in [1.165, 1.54) is 9.36 Å². The summed E-state index contributed by atoms with van der Waals surface area (Å²) in [4.78, 5) is 12.3. The van der Waals surface area contributed by atoms with Crippen LogP contribution in [0.15, 0.2) is 58.1 Å². The molecule has 2 aromatic heterocycles. The minimum atomic E-state index is -0.327. The maximum absolute atomic E-state index is 12.3. The average Bonchev–Trinajstić information content (AvgIpc) is 3.36. The molecule has 0 atom stereocenters. The first-order valence-corrected chi connectivity index (χ1v) is 9.91. The van der Waals surface area contributed by atoms with Gasteiger partial charge in [0.2, 0.25) is 5.90 Å². The lowest BCUT2D eigenvalue weighted by Gasteiger charge is -2.13. The molecule has 0 amide bonds. The zero-order chi connectivity index (χ0) is 22.4. The van der Waals surface area contributed by atoms with E-state index in [4.69, 9.17) is 4.74 Å². The molecule has 3 rings (SSSR count). The summed E-state index contributed by atoms with van der Waals surface area (Å²) >= 11 is 0. The molecule has 3 aromatic rings. The smallest absolute Gasteiger partial charge is 0.368 e. The molecule has 0 aliphatic rings. The number of tetrazole rings is 1. The average molecular weight is 422 g/mol. The highest BCUT2D eigenvalue weighted by molar-refractivity contribution is 5.97. The van der Waals surface area contributed by atoms with Gasteiger partial charge in [0.05, 0.1) is 17.9 Å². The summed E-state index contributed by atoms with van der Waals surface area (Å²) in [6.45, 7) is 10.3. The van der Waals surface area contributed by atoms with Crippen LogP contribution in [-0.2, 0) is 24.9 Å². The van der Waals surface area contributed by atoms with Crippen molar-refractivity contribution in [1.29, 1.82) is 0 Å². The quantitative estimate of drug-likeness (QED) is 0.240. The summed E-state index contributed by atoms with van der Waals surface area (Å²) < 4.78 is 10.1.